The number of nitrogens with one attached hydrogen (secondary N) is 1. The Morgan fingerprint density at radius 1 is 1.08 bits per heavy atom. The molecule has 5 nitrogen and oxygen atoms in total. The van der Waals surface area contributed by atoms with E-state index in [1.165, 1.54) is 32.1 Å². The van der Waals surface area contributed by atoms with Crippen LogP contribution in [0.1, 0.15) is 70.1 Å². The first-order valence-corrected chi connectivity index (χ1v) is 10.3. The van der Waals surface area contributed by atoms with Crippen LogP contribution in [-0.2, 0) is 17.8 Å². The van der Waals surface area contributed by atoms with E-state index in [0.29, 0.717) is 23.7 Å². The molecule has 5 aliphatic rings. The molecule has 1 amide bonds. The number of fused-ring (bicyclic) bond motifs is 1. The summed E-state index contributed by atoms with van der Waals surface area (Å²) < 4.78 is 2.24. The zero-order valence-electron chi connectivity index (χ0n) is 15.4. The van der Waals surface area contributed by atoms with Crippen LogP contribution in [0.2, 0.25) is 0 Å². The van der Waals surface area contributed by atoms with Gasteiger partial charge in [0.1, 0.15) is 5.82 Å². The van der Waals surface area contributed by atoms with Crippen LogP contribution in [0.5, 0.6) is 0 Å². The lowest BCUT2D eigenvalue weighted by molar-refractivity contribution is -0.139. The monoisotopic (exact) mass is 342 g/mol. The summed E-state index contributed by atoms with van der Waals surface area (Å²) in [5.74, 6) is 6.01. The number of aryl methyl sites for hydroxylation is 1. The van der Waals surface area contributed by atoms with Gasteiger partial charge in [0, 0.05) is 18.9 Å². The van der Waals surface area contributed by atoms with Gasteiger partial charge in [-0.15, -0.1) is 10.2 Å². The molecule has 1 N–H and O–H groups in total. The average Bonchev–Trinajstić information content (AvgIpc) is 3.14. The van der Waals surface area contributed by atoms with Crippen molar-refractivity contribution in [3.63, 3.8) is 0 Å². The number of carbonyl (C=O) groups excluding carboxylic acids is 1. The molecular weight excluding hydrogens is 312 g/mol. The van der Waals surface area contributed by atoms with Gasteiger partial charge in [0.05, 0.1) is 6.04 Å². The number of carbonyl (C=O) groups is 1. The summed E-state index contributed by atoms with van der Waals surface area (Å²) >= 11 is 0. The number of rotatable bonds is 4. The zero-order chi connectivity index (χ0) is 17.1. The molecular formula is C20H30N4O. The lowest BCUT2D eigenvalue weighted by atomic mass is 9.51. The maximum atomic E-state index is 13.3. The molecule has 4 fully saturated rings. The van der Waals surface area contributed by atoms with Gasteiger partial charge in [-0.3, -0.25) is 4.79 Å². The maximum Gasteiger partial charge on any atom is 0.224 e. The van der Waals surface area contributed by atoms with Gasteiger partial charge in [-0.1, -0.05) is 13.8 Å². The van der Waals surface area contributed by atoms with Crippen molar-refractivity contribution < 1.29 is 4.79 Å². The fraction of sp³-hybridized carbons (Fsp3) is 0.850. The Hall–Kier alpha value is -1.39. The first-order valence-electron chi connectivity index (χ1n) is 10.3. The van der Waals surface area contributed by atoms with E-state index in [0.717, 1.165) is 42.9 Å². The van der Waals surface area contributed by atoms with Crippen molar-refractivity contribution in [2.75, 3.05) is 0 Å². The van der Waals surface area contributed by atoms with Gasteiger partial charge in [0.25, 0.3) is 0 Å². The standard InChI is InChI=1S/C20H30N4O/c1-11(2)18(19-23-22-16-4-3-5-24(16)19)21-20(25)17-14-7-12-6-13(9-14)10-15(17)8-12/h11-15,17-18H,3-10H2,1-2H3,(H,21,25). The summed E-state index contributed by atoms with van der Waals surface area (Å²) in [6.07, 6.45) is 8.75. The minimum absolute atomic E-state index is 0.0102. The van der Waals surface area contributed by atoms with Gasteiger partial charge in [-0.05, 0) is 68.1 Å². The van der Waals surface area contributed by atoms with E-state index in [1.807, 2.05) is 0 Å². The smallest absolute Gasteiger partial charge is 0.224 e. The fourth-order valence-electron chi connectivity index (χ4n) is 6.54. The predicted molar refractivity (Wildman–Crippen MR) is 94.6 cm³/mol. The molecule has 6 rings (SSSR count). The molecule has 5 heteroatoms. The highest BCUT2D eigenvalue weighted by Crippen LogP contribution is 2.56. The molecule has 0 radical (unpaired) electrons. The molecule has 1 aliphatic heterocycles. The van der Waals surface area contributed by atoms with Gasteiger partial charge in [0.15, 0.2) is 5.82 Å². The molecule has 4 bridgehead atoms. The van der Waals surface area contributed by atoms with Crippen LogP contribution in [0.3, 0.4) is 0 Å². The second-order valence-electron chi connectivity index (χ2n) is 9.42. The summed E-state index contributed by atoms with van der Waals surface area (Å²) in [6, 6.07) is -0.0102. The van der Waals surface area contributed by atoms with Crippen molar-refractivity contribution in [3.8, 4) is 0 Å². The van der Waals surface area contributed by atoms with Gasteiger partial charge in [0.2, 0.25) is 5.91 Å². The molecule has 25 heavy (non-hydrogen) atoms. The second-order valence-corrected chi connectivity index (χ2v) is 9.42. The van der Waals surface area contributed by atoms with Crippen molar-refractivity contribution in [1.29, 1.82) is 0 Å². The van der Waals surface area contributed by atoms with Crippen molar-refractivity contribution in [1.82, 2.24) is 20.1 Å². The van der Waals surface area contributed by atoms with E-state index < -0.39 is 0 Å². The molecule has 4 aliphatic carbocycles. The minimum Gasteiger partial charge on any atom is -0.346 e. The lowest BCUT2D eigenvalue weighted by Gasteiger charge is -2.53. The highest BCUT2D eigenvalue weighted by atomic mass is 16.2. The Balaban J connectivity index is 1.36. The van der Waals surface area contributed by atoms with Gasteiger partial charge in [-0.25, -0.2) is 0 Å². The summed E-state index contributed by atoms with van der Waals surface area (Å²) in [4.78, 5) is 13.3. The summed E-state index contributed by atoms with van der Waals surface area (Å²) in [6.45, 7) is 5.35. The lowest BCUT2D eigenvalue weighted by Crippen LogP contribution is -2.52. The Morgan fingerprint density at radius 3 is 2.40 bits per heavy atom. The Labute approximate surface area is 150 Å². The average molecular weight is 342 g/mol. The first-order chi connectivity index (χ1) is 12.1. The van der Waals surface area contributed by atoms with E-state index in [2.05, 4.69) is 33.9 Å². The molecule has 4 saturated carbocycles. The molecule has 1 aromatic heterocycles. The molecule has 0 aromatic carbocycles. The highest BCUT2D eigenvalue weighted by Gasteiger charge is 2.51. The Bertz CT molecular complexity index is 651. The maximum absolute atomic E-state index is 13.3. The Kier molecular flexibility index (Phi) is 3.68. The van der Waals surface area contributed by atoms with E-state index in [9.17, 15) is 4.79 Å². The number of amides is 1. The molecule has 0 saturated heterocycles. The van der Waals surface area contributed by atoms with Crippen LogP contribution in [0.15, 0.2) is 0 Å². The molecule has 136 valence electrons. The number of nitrogens with zero attached hydrogens (tertiary/aromatic N) is 3. The largest absolute Gasteiger partial charge is 0.346 e. The summed E-state index contributed by atoms with van der Waals surface area (Å²) in [5, 5.41) is 12.2. The fourth-order valence-corrected chi connectivity index (χ4v) is 6.54. The van der Waals surface area contributed by atoms with Crippen molar-refractivity contribution in [2.45, 2.75) is 71.4 Å². The van der Waals surface area contributed by atoms with Crippen LogP contribution < -0.4 is 5.32 Å². The quantitative estimate of drug-likeness (QED) is 0.914. The molecule has 1 atom stereocenters. The van der Waals surface area contributed by atoms with Gasteiger partial charge >= 0.3 is 0 Å². The molecule has 0 spiro atoms. The third kappa shape index (κ3) is 2.53. The predicted octanol–water partition coefficient (Wildman–Crippen LogP) is 3.11. The number of aromatic nitrogens is 3. The third-order valence-corrected chi connectivity index (χ3v) is 7.41. The van der Waals surface area contributed by atoms with E-state index >= 15 is 0 Å². The number of hydrogen-bond acceptors (Lipinski definition) is 3. The summed E-state index contributed by atoms with van der Waals surface area (Å²) in [5.41, 5.74) is 0. The Morgan fingerprint density at radius 2 is 1.76 bits per heavy atom. The van der Waals surface area contributed by atoms with Crippen LogP contribution in [0.4, 0.5) is 0 Å². The van der Waals surface area contributed by atoms with Crippen LogP contribution in [0, 0.1) is 35.5 Å². The van der Waals surface area contributed by atoms with Gasteiger partial charge < -0.3 is 9.88 Å². The van der Waals surface area contributed by atoms with Crippen LogP contribution in [-0.4, -0.2) is 20.7 Å². The topological polar surface area (TPSA) is 59.8 Å². The van der Waals surface area contributed by atoms with Crippen LogP contribution in [0.25, 0.3) is 0 Å². The van der Waals surface area contributed by atoms with Crippen molar-refractivity contribution >= 4 is 5.91 Å². The number of hydrogen-bond donors (Lipinski definition) is 1. The molecule has 2 heterocycles. The van der Waals surface area contributed by atoms with Crippen LogP contribution >= 0.6 is 0 Å². The van der Waals surface area contributed by atoms with E-state index in [1.54, 1.807) is 0 Å². The SMILES string of the molecule is CC(C)C(NC(=O)C1C2CC3CC(C2)CC1C3)c1nnc2n1CCC2. The van der Waals surface area contributed by atoms with Crippen molar-refractivity contribution in [2.24, 2.45) is 35.5 Å². The van der Waals surface area contributed by atoms with E-state index in [-0.39, 0.29) is 12.0 Å². The highest BCUT2D eigenvalue weighted by molar-refractivity contribution is 5.80. The van der Waals surface area contributed by atoms with Crippen molar-refractivity contribution in [3.05, 3.63) is 11.6 Å². The van der Waals surface area contributed by atoms with E-state index in [4.69, 9.17) is 0 Å². The summed E-state index contributed by atoms with van der Waals surface area (Å²) in [7, 11) is 0. The first kappa shape index (κ1) is 15.8. The third-order valence-electron chi connectivity index (χ3n) is 7.41. The second kappa shape index (κ2) is 5.82. The molecule has 1 aromatic rings. The minimum atomic E-state index is -0.0102. The zero-order valence-corrected chi connectivity index (χ0v) is 15.4. The molecule has 1 unspecified atom stereocenters. The van der Waals surface area contributed by atoms with Gasteiger partial charge in [-0.2, -0.15) is 0 Å². The normalized spacial score (nSPS) is 36.7.